The summed E-state index contributed by atoms with van der Waals surface area (Å²) < 4.78 is 14.5. The molecule has 1 atom stereocenters. The summed E-state index contributed by atoms with van der Waals surface area (Å²) in [7, 11) is 0. The summed E-state index contributed by atoms with van der Waals surface area (Å²) in [4.78, 5) is 9.64. The highest BCUT2D eigenvalue weighted by Crippen LogP contribution is 2.34. The van der Waals surface area contributed by atoms with E-state index in [-0.39, 0.29) is 11.4 Å². The minimum atomic E-state index is -0.273. The molecule has 3 heteroatoms. The predicted molar refractivity (Wildman–Crippen MR) is 101 cm³/mol. The maximum atomic E-state index is 14.5. The quantitative estimate of drug-likeness (QED) is 0.637. The average molecular weight is 332 g/mol. The highest BCUT2D eigenvalue weighted by atomic mass is 19.1. The first kappa shape index (κ1) is 15.9. The summed E-state index contributed by atoms with van der Waals surface area (Å²) in [5, 5.41) is 1.07. The topological polar surface area (TPSA) is 25.2 Å². The van der Waals surface area contributed by atoms with Crippen molar-refractivity contribution in [3.05, 3.63) is 77.2 Å². The van der Waals surface area contributed by atoms with E-state index < -0.39 is 0 Å². The van der Waals surface area contributed by atoms with Crippen LogP contribution in [0.3, 0.4) is 0 Å². The summed E-state index contributed by atoms with van der Waals surface area (Å²) in [5.41, 5.74) is 4.16. The van der Waals surface area contributed by atoms with Crippen LogP contribution >= 0.6 is 0 Å². The van der Waals surface area contributed by atoms with Crippen molar-refractivity contribution in [2.75, 3.05) is 0 Å². The molecule has 0 aliphatic carbocycles. The summed E-state index contributed by atoms with van der Waals surface area (Å²) in [6.07, 6.45) is 4.46. The van der Waals surface area contributed by atoms with Gasteiger partial charge in [0.1, 0.15) is 5.82 Å². The Labute approximate surface area is 147 Å². The summed E-state index contributed by atoms with van der Waals surface area (Å²) in [5.74, 6) is -0.138. The van der Waals surface area contributed by atoms with Crippen molar-refractivity contribution >= 4 is 16.6 Å². The Morgan fingerprint density at radius 2 is 1.96 bits per heavy atom. The molecule has 0 amide bonds. The molecule has 2 nitrogen and oxygen atoms in total. The second-order valence-electron chi connectivity index (χ2n) is 7.07. The van der Waals surface area contributed by atoms with Gasteiger partial charge >= 0.3 is 0 Å². The molecule has 0 saturated heterocycles. The molecule has 0 spiro atoms. The molecule has 2 heterocycles. The van der Waals surface area contributed by atoms with Crippen molar-refractivity contribution in [3.8, 4) is 0 Å². The maximum Gasteiger partial charge on any atom is 0.127 e. The molecule has 0 fully saturated rings. The lowest BCUT2D eigenvalue weighted by Crippen LogP contribution is -2.33. The molecule has 2 aromatic carbocycles. The highest BCUT2D eigenvalue weighted by Gasteiger charge is 2.32. The van der Waals surface area contributed by atoms with Crippen LogP contribution in [0.2, 0.25) is 0 Å². The average Bonchev–Trinajstić information content (AvgIpc) is 2.62. The lowest BCUT2D eigenvalue weighted by Gasteiger charge is -2.32. The zero-order valence-electron chi connectivity index (χ0n) is 14.6. The van der Waals surface area contributed by atoms with Crippen LogP contribution in [0.1, 0.15) is 43.4 Å². The Kier molecular flexibility index (Phi) is 3.87. The van der Waals surface area contributed by atoms with Crippen LogP contribution < -0.4 is 0 Å². The van der Waals surface area contributed by atoms with Gasteiger partial charge in [-0.05, 0) is 37.1 Å². The van der Waals surface area contributed by atoms with Crippen molar-refractivity contribution in [1.82, 2.24) is 4.98 Å². The summed E-state index contributed by atoms with van der Waals surface area (Å²) in [6, 6.07) is 15.4. The van der Waals surface area contributed by atoms with Crippen molar-refractivity contribution in [2.24, 2.45) is 4.99 Å². The number of para-hydroxylation sites is 1. The van der Waals surface area contributed by atoms with Crippen molar-refractivity contribution in [1.29, 1.82) is 0 Å². The van der Waals surface area contributed by atoms with Crippen LogP contribution in [0.5, 0.6) is 0 Å². The number of benzene rings is 2. The Morgan fingerprint density at radius 3 is 2.80 bits per heavy atom. The zero-order chi connectivity index (χ0) is 17.4. The van der Waals surface area contributed by atoms with Crippen molar-refractivity contribution in [2.45, 2.75) is 38.6 Å². The van der Waals surface area contributed by atoms with E-state index in [4.69, 9.17) is 4.99 Å². The molecule has 1 unspecified atom stereocenters. The van der Waals surface area contributed by atoms with Crippen molar-refractivity contribution in [3.63, 3.8) is 0 Å². The maximum absolute atomic E-state index is 14.5. The number of hydrogen-bond donors (Lipinski definition) is 0. The van der Waals surface area contributed by atoms with E-state index in [2.05, 4.69) is 24.9 Å². The largest absolute Gasteiger partial charge is 0.277 e. The van der Waals surface area contributed by atoms with Gasteiger partial charge < -0.3 is 0 Å². The van der Waals surface area contributed by atoms with Crippen LogP contribution in [-0.4, -0.2) is 16.2 Å². The van der Waals surface area contributed by atoms with Gasteiger partial charge in [-0.25, -0.2) is 4.39 Å². The molecule has 0 N–H and O–H groups in total. The highest BCUT2D eigenvalue weighted by molar-refractivity contribution is 6.15. The number of aliphatic imine (C=N–C) groups is 1. The minimum Gasteiger partial charge on any atom is -0.277 e. The van der Waals surface area contributed by atoms with Gasteiger partial charge in [0.2, 0.25) is 0 Å². The number of rotatable bonds is 3. The predicted octanol–water partition coefficient (Wildman–Crippen LogP) is 5.33. The van der Waals surface area contributed by atoms with Crippen LogP contribution in [-0.2, 0) is 6.42 Å². The smallest absolute Gasteiger partial charge is 0.127 e. The van der Waals surface area contributed by atoms with Gasteiger partial charge in [-0.2, -0.15) is 0 Å². The molecule has 3 aromatic rings. The van der Waals surface area contributed by atoms with Crippen LogP contribution in [0.4, 0.5) is 4.39 Å². The van der Waals surface area contributed by atoms with Gasteiger partial charge in [-0.1, -0.05) is 43.7 Å². The zero-order valence-corrected chi connectivity index (χ0v) is 14.6. The third-order valence-electron chi connectivity index (χ3n) is 4.97. The molecule has 0 saturated carbocycles. The van der Waals surface area contributed by atoms with E-state index in [9.17, 15) is 4.39 Å². The molecule has 25 heavy (non-hydrogen) atoms. The molecule has 126 valence electrons. The Hall–Kier alpha value is -2.55. The van der Waals surface area contributed by atoms with Crippen molar-refractivity contribution < 1.29 is 4.39 Å². The van der Waals surface area contributed by atoms with Gasteiger partial charge in [-0.3, -0.25) is 9.98 Å². The standard InChI is InChI=1S/C22H21FN2/c1-3-11-22(2)13-18-17(8-6-9-19(18)23)21(25-22)16-12-15-7-4-5-10-20(15)24-14-16/h4-10,12,14H,3,11,13H2,1-2H3. The van der Waals surface area contributed by atoms with Gasteiger partial charge in [0, 0.05) is 29.1 Å². The van der Waals surface area contributed by atoms with E-state index in [0.717, 1.165) is 46.1 Å². The Bertz CT molecular complexity index is 977. The van der Waals surface area contributed by atoms with Crippen LogP contribution in [0, 0.1) is 5.82 Å². The number of nitrogens with zero attached hydrogens (tertiary/aromatic N) is 2. The minimum absolute atomic E-state index is 0.138. The van der Waals surface area contributed by atoms with Gasteiger partial charge in [-0.15, -0.1) is 0 Å². The lowest BCUT2D eigenvalue weighted by atomic mass is 9.81. The molecule has 0 radical (unpaired) electrons. The number of pyridine rings is 1. The molecule has 1 aliphatic heterocycles. The fourth-order valence-corrected chi connectivity index (χ4v) is 3.81. The molecule has 4 rings (SSSR count). The molecule has 1 aliphatic rings. The van der Waals surface area contributed by atoms with E-state index in [1.54, 1.807) is 12.1 Å². The van der Waals surface area contributed by atoms with E-state index in [1.807, 2.05) is 36.5 Å². The first-order valence-electron chi connectivity index (χ1n) is 8.82. The van der Waals surface area contributed by atoms with Gasteiger partial charge in [0.15, 0.2) is 0 Å². The number of hydrogen-bond acceptors (Lipinski definition) is 2. The fourth-order valence-electron chi connectivity index (χ4n) is 3.81. The Balaban J connectivity index is 1.92. The lowest BCUT2D eigenvalue weighted by molar-refractivity contribution is 0.414. The van der Waals surface area contributed by atoms with E-state index in [1.165, 1.54) is 0 Å². The third-order valence-corrected chi connectivity index (χ3v) is 4.97. The third kappa shape index (κ3) is 2.84. The first-order valence-corrected chi connectivity index (χ1v) is 8.82. The summed E-state index contributed by atoms with van der Waals surface area (Å²) >= 11 is 0. The van der Waals surface area contributed by atoms with E-state index >= 15 is 0 Å². The normalized spacial score (nSPS) is 19.6. The van der Waals surface area contributed by atoms with Gasteiger partial charge in [0.25, 0.3) is 0 Å². The molecule has 1 aromatic heterocycles. The van der Waals surface area contributed by atoms with Crippen LogP contribution in [0.25, 0.3) is 10.9 Å². The SMILES string of the molecule is CCCC1(C)Cc2c(F)cccc2C(c2cnc3ccccc3c2)=N1. The molecule has 0 bridgehead atoms. The number of fused-ring (bicyclic) bond motifs is 2. The number of halogens is 1. The van der Waals surface area contributed by atoms with E-state index in [0.29, 0.717) is 6.42 Å². The molecular weight excluding hydrogens is 311 g/mol. The second-order valence-corrected chi connectivity index (χ2v) is 7.07. The Morgan fingerprint density at radius 1 is 1.12 bits per heavy atom. The van der Waals surface area contributed by atoms with Crippen LogP contribution in [0.15, 0.2) is 59.7 Å². The fraction of sp³-hybridized carbons (Fsp3) is 0.273. The second kappa shape index (κ2) is 6.07. The van der Waals surface area contributed by atoms with Gasteiger partial charge in [0.05, 0.1) is 16.8 Å². The number of aromatic nitrogens is 1. The monoisotopic (exact) mass is 332 g/mol. The summed E-state index contributed by atoms with van der Waals surface area (Å²) in [6.45, 7) is 4.27. The first-order chi connectivity index (χ1) is 12.1. The molecular formula is C22H21FN2.